The SMILES string of the molecule is CC(=O)c1ccccc1C(=O)O.COc1ccc2c3c(c4cc(OC)c(OC)cc4c2c1)CN1CCC[C@H]1C3. The lowest BCUT2D eigenvalue weighted by atomic mass is 9.85. The largest absolute Gasteiger partial charge is 0.497 e. The van der Waals surface area contributed by atoms with Crippen molar-refractivity contribution in [2.75, 3.05) is 27.9 Å². The van der Waals surface area contributed by atoms with Gasteiger partial charge in [-0.2, -0.15) is 0 Å². The van der Waals surface area contributed by atoms with Gasteiger partial charge in [-0.1, -0.05) is 24.3 Å². The van der Waals surface area contributed by atoms with Gasteiger partial charge in [0, 0.05) is 18.2 Å². The van der Waals surface area contributed by atoms with Crippen LogP contribution in [0.25, 0.3) is 21.5 Å². The van der Waals surface area contributed by atoms with Crippen LogP contribution in [-0.4, -0.2) is 55.7 Å². The van der Waals surface area contributed by atoms with Crippen molar-refractivity contribution in [3.05, 3.63) is 76.9 Å². The quantitative estimate of drug-likeness (QED) is 0.247. The number of hydrogen-bond donors (Lipinski definition) is 1. The lowest BCUT2D eigenvalue weighted by Gasteiger charge is -2.33. The standard InChI is InChI=1S/C23H25NO3.C9H8O3/c1-25-15-6-7-16-17-9-14-5-4-8-24(14)13-21(17)20-12-23(27-3)22(26-2)11-19(20)18(16)10-15;1-6(10)7-4-2-3-5-8(7)9(11)12/h6-7,10-12,14H,4-5,8-9,13H2,1-3H3;2-5H,1H3,(H,11,12)/t14-;/m0./s1. The highest BCUT2D eigenvalue weighted by Crippen LogP contribution is 2.44. The minimum absolute atomic E-state index is 0.0602. The van der Waals surface area contributed by atoms with Gasteiger partial charge in [0.2, 0.25) is 0 Å². The Morgan fingerprint density at radius 2 is 1.49 bits per heavy atom. The fraction of sp³-hybridized carbons (Fsp3) is 0.312. The van der Waals surface area contributed by atoms with Gasteiger partial charge in [-0.15, -0.1) is 0 Å². The topological polar surface area (TPSA) is 85.3 Å². The first-order valence-electron chi connectivity index (χ1n) is 13.1. The summed E-state index contributed by atoms with van der Waals surface area (Å²) >= 11 is 0. The number of carboxylic acid groups (broad SMARTS) is 1. The molecule has 0 unspecified atom stereocenters. The Labute approximate surface area is 227 Å². The van der Waals surface area contributed by atoms with Gasteiger partial charge in [0.1, 0.15) is 5.75 Å². The number of ketones is 1. The van der Waals surface area contributed by atoms with E-state index in [1.165, 1.54) is 71.1 Å². The molecule has 1 atom stereocenters. The molecule has 7 nitrogen and oxygen atoms in total. The van der Waals surface area contributed by atoms with E-state index in [0.717, 1.165) is 30.2 Å². The number of nitrogens with zero attached hydrogens (tertiary/aromatic N) is 1. The summed E-state index contributed by atoms with van der Waals surface area (Å²) in [6.07, 6.45) is 3.74. The van der Waals surface area contributed by atoms with E-state index in [4.69, 9.17) is 19.3 Å². The summed E-state index contributed by atoms with van der Waals surface area (Å²) in [5.74, 6) is 1.15. The van der Waals surface area contributed by atoms with E-state index in [9.17, 15) is 9.59 Å². The monoisotopic (exact) mass is 527 g/mol. The highest BCUT2D eigenvalue weighted by molar-refractivity contribution is 6.12. The molecule has 0 amide bonds. The summed E-state index contributed by atoms with van der Waals surface area (Å²) in [5, 5.41) is 13.7. The molecule has 0 bridgehead atoms. The third-order valence-corrected chi connectivity index (χ3v) is 7.89. The number of benzene rings is 4. The van der Waals surface area contributed by atoms with Gasteiger partial charge in [0.15, 0.2) is 17.3 Å². The molecule has 1 N–H and O–H groups in total. The first kappa shape index (κ1) is 26.5. The van der Waals surface area contributed by atoms with Gasteiger partial charge in [0.05, 0.1) is 26.9 Å². The fourth-order valence-corrected chi connectivity index (χ4v) is 5.98. The van der Waals surface area contributed by atoms with Gasteiger partial charge < -0.3 is 19.3 Å². The third-order valence-electron chi connectivity index (χ3n) is 7.89. The van der Waals surface area contributed by atoms with Crippen LogP contribution in [0.5, 0.6) is 17.2 Å². The number of aromatic carboxylic acids is 1. The first-order valence-corrected chi connectivity index (χ1v) is 13.1. The zero-order chi connectivity index (χ0) is 27.7. The molecule has 2 heterocycles. The summed E-state index contributed by atoms with van der Waals surface area (Å²) in [7, 11) is 5.12. The van der Waals surface area contributed by atoms with Crippen LogP contribution in [0.3, 0.4) is 0 Å². The first-order chi connectivity index (χ1) is 18.9. The number of Topliss-reactive ketones (excluding diaryl/α,β-unsaturated/α-hetero) is 1. The lowest BCUT2D eigenvalue weighted by molar-refractivity contribution is 0.0692. The van der Waals surface area contributed by atoms with Crippen molar-refractivity contribution < 1.29 is 28.9 Å². The maximum Gasteiger partial charge on any atom is 0.336 e. The van der Waals surface area contributed by atoms with Crippen molar-refractivity contribution >= 4 is 33.3 Å². The molecule has 202 valence electrons. The molecule has 0 spiro atoms. The van der Waals surface area contributed by atoms with Crippen LogP contribution in [0.4, 0.5) is 0 Å². The number of carbonyl (C=O) groups excluding carboxylic acids is 1. The second-order valence-electron chi connectivity index (χ2n) is 10.00. The molecule has 0 radical (unpaired) electrons. The molecule has 7 heteroatoms. The van der Waals surface area contributed by atoms with Crippen molar-refractivity contribution in [1.29, 1.82) is 0 Å². The van der Waals surface area contributed by atoms with Crippen LogP contribution in [0.1, 0.15) is 51.6 Å². The number of methoxy groups -OCH3 is 3. The van der Waals surface area contributed by atoms with Gasteiger partial charge in [0.25, 0.3) is 0 Å². The Kier molecular flexibility index (Phi) is 7.44. The maximum atomic E-state index is 10.9. The van der Waals surface area contributed by atoms with Crippen molar-refractivity contribution in [2.45, 2.75) is 38.8 Å². The highest BCUT2D eigenvalue weighted by Gasteiger charge is 2.32. The zero-order valence-electron chi connectivity index (χ0n) is 22.7. The van der Waals surface area contributed by atoms with Gasteiger partial charge in [-0.3, -0.25) is 9.69 Å². The number of ether oxygens (including phenoxy) is 3. The molecule has 1 saturated heterocycles. The Bertz CT molecular complexity index is 1540. The van der Waals surface area contributed by atoms with E-state index >= 15 is 0 Å². The summed E-state index contributed by atoms with van der Waals surface area (Å²) in [4.78, 5) is 24.1. The smallest absolute Gasteiger partial charge is 0.336 e. The molecule has 0 aromatic heterocycles. The molecule has 2 aliphatic rings. The van der Waals surface area contributed by atoms with E-state index in [1.807, 2.05) is 0 Å². The summed E-state index contributed by atoms with van der Waals surface area (Å²) in [6, 6.07) is 17.6. The van der Waals surface area contributed by atoms with Gasteiger partial charge in [-0.05, 0) is 95.7 Å². The van der Waals surface area contributed by atoms with Crippen LogP contribution in [-0.2, 0) is 13.0 Å². The van der Waals surface area contributed by atoms with Crippen molar-refractivity contribution in [1.82, 2.24) is 4.90 Å². The Hall–Kier alpha value is -4.10. The lowest BCUT2D eigenvalue weighted by Crippen LogP contribution is -2.35. The summed E-state index contributed by atoms with van der Waals surface area (Å²) < 4.78 is 16.7. The Morgan fingerprint density at radius 3 is 2.10 bits per heavy atom. The minimum atomic E-state index is -1.07. The fourth-order valence-electron chi connectivity index (χ4n) is 5.98. The summed E-state index contributed by atoms with van der Waals surface area (Å²) in [6.45, 7) is 3.58. The van der Waals surface area contributed by atoms with E-state index in [0.29, 0.717) is 6.04 Å². The number of carbonyl (C=O) groups is 2. The van der Waals surface area contributed by atoms with Crippen LogP contribution in [0.15, 0.2) is 54.6 Å². The third kappa shape index (κ3) is 4.90. The van der Waals surface area contributed by atoms with Crippen LogP contribution >= 0.6 is 0 Å². The van der Waals surface area contributed by atoms with E-state index in [2.05, 4.69) is 35.2 Å². The molecular weight excluding hydrogens is 494 g/mol. The van der Waals surface area contributed by atoms with E-state index < -0.39 is 5.97 Å². The predicted octanol–water partition coefficient (Wildman–Crippen LogP) is 6.13. The molecule has 4 aromatic carbocycles. The average Bonchev–Trinajstić information content (AvgIpc) is 3.43. The van der Waals surface area contributed by atoms with Crippen LogP contribution < -0.4 is 14.2 Å². The maximum absolute atomic E-state index is 10.9. The number of fused-ring (bicyclic) bond motifs is 7. The molecular formula is C32H33NO6. The average molecular weight is 528 g/mol. The molecule has 39 heavy (non-hydrogen) atoms. The number of hydrogen-bond acceptors (Lipinski definition) is 6. The molecule has 1 fully saturated rings. The predicted molar refractivity (Wildman–Crippen MR) is 152 cm³/mol. The molecule has 0 aliphatic carbocycles. The van der Waals surface area contributed by atoms with Crippen LogP contribution in [0, 0.1) is 0 Å². The van der Waals surface area contributed by atoms with Crippen molar-refractivity contribution in [2.24, 2.45) is 0 Å². The van der Waals surface area contributed by atoms with Gasteiger partial charge in [-0.25, -0.2) is 4.79 Å². The van der Waals surface area contributed by atoms with E-state index in [-0.39, 0.29) is 16.9 Å². The van der Waals surface area contributed by atoms with Gasteiger partial charge >= 0.3 is 5.97 Å². The normalized spacial score (nSPS) is 16.2. The number of rotatable bonds is 5. The Balaban J connectivity index is 0.000000217. The molecule has 6 rings (SSSR count). The zero-order valence-corrected chi connectivity index (χ0v) is 22.7. The molecule has 4 aromatic rings. The van der Waals surface area contributed by atoms with Crippen molar-refractivity contribution in [3.63, 3.8) is 0 Å². The second kappa shape index (κ2) is 10.9. The van der Waals surface area contributed by atoms with Crippen molar-refractivity contribution in [3.8, 4) is 17.2 Å². The van der Waals surface area contributed by atoms with Crippen LogP contribution in [0.2, 0.25) is 0 Å². The Morgan fingerprint density at radius 1 is 0.821 bits per heavy atom. The summed E-state index contributed by atoms with van der Waals surface area (Å²) in [5.41, 5.74) is 3.26. The molecule has 2 aliphatic heterocycles. The number of carboxylic acids is 1. The highest BCUT2D eigenvalue weighted by atomic mass is 16.5. The second-order valence-corrected chi connectivity index (χ2v) is 10.00. The van der Waals surface area contributed by atoms with E-state index in [1.54, 1.807) is 33.5 Å². The minimum Gasteiger partial charge on any atom is -0.497 e. The molecule has 0 saturated carbocycles.